The number of aryl methyl sites for hydroxylation is 1. The maximum absolute atomic E-state index is 13.0. The molecule has 2 aliphatic heterocycles. The first kappa shape index (κ1) is 20.1. The minimum absolute atomic E-state index is 0.116. The van der Waals surface area contributed by atoms with E-state index >= 15 is 0 Å². The van der Waals surface area contributed by atoms with E-state index in [-0.39, 0.29) is 23.3 Å². The molecule has 0 radical (unpaired) electrons. The summed E-state index contributed by atoms with van der Waals surface area (Å²) in [5.74, 6) is 0.122. The molecular weight excluding hydrogens is 394 g/mol. The quantitative estimate of drug-likeness (QED) is 0.785. The van der Waals surface area contributed by atoms with Crippen molar-refractivity contribution in [2.45, 2.75) is 38.5 Å². The molecule has 2 saturated heterocycles. The number of hydrogen-bond acceptors (Lipinski definition) is 5. The number of fused-ring (bicyclic) bond motifs is 1. The zero-order valence-electron chi connectivity index (χ0n) is 16.8. The van der Waals surface area contributed by atoms with Crippen molar-refractivity contribution in [1.29, 1.82) is 0 Å². The summed E-state index contributed by atoms with van der Waals surface area (Å²) in [6, 6.07) is 3.39. The minimum Gasteiger partial charge on any atom is -0.342 e. The van der Waals surface area contributed by atoms with Gasteiger partial charge in [-0.2, -0.15) is 0 Å². The number of rotatable bonds is 3. The Hall–Kier alpha value is -2.20. The number of piperidine rings is 2. The fraction of sp³-hybridized carbons (Fsp3) is 0.632. The van der Waals surface area contributed by atoms with E-state index in [0.29, 0.717) is 43.8 Å². The Morgan fingerprint density at radius 1 is 1.17 bits per heavy atom. The Morgan fingerprint density at radius 2 is 1.90 bits per heavy atom. The lowest BCUT2D eigenvalue weighted by Crippen LogP contribution is -2.46. The molecule has 0 bridgehead atoms. The molecule has 0 aromatic carbocycles. The normalized spacial score (nSPS) is 22.3. The second kappa shape index (κ2) is 7.56. The summed E-state index contributed by atoms with van der Waals surface area (Å²) < 4.78 is 26.3. The van der Waals surface area contributed by atoms with Gasteiger partial charge in [-0.25, -0.2) is 22.2 Å². The lowest BCUT2D eigenvalue weighted by Gasteiger charge is -2.37. The van der Waals surface area contributed by atoms with Gasteiger partial charge >= 0.3 is 0 Å². The predicted octanol–water partition coefficient (Wildman–Crippen LogP) is 0.709. The van der Waals surface area contributed by atoms with Crippen LogP contribution in [0, 0.1) is 12.8 Å². The summed E-state index contributed by atoms with van der Waals surface area (Å²) in [5, 5.41) is 3.15. The predicted molar refractivity (Wildman–Crippen MR) is 108 cm³/mol. The number of carbonyl (C=O) groups excluding carboxylic acids is 1. The number of hydrogen-bond donors (Lipinski definition) is 1. The van der Waals surface area contributed by atoms with Crippen molar-refractivity contribution in [3.05, 3.63) is 33.9 Å². The van der Waals surface area contributed by atoms with Gasteiger partial charge in [0, 0.05) is 61.5 Å². The number of carbonyl (C=O) groups is 1. The van der Waals surface area contributed by atoms with Gasteiger partial charge in [-0.15, -0.1) is 0 Å². The number of aromatic nitrogens is 3. The van der Waals surface area contributed by atoms with Crippen LogP contribution in [-0.2, 0) is 14.8 Å². The van der Waals surface area contributed by atoms with Crippen LogP contribution < -0.4 is 5.56 Å². The van der Waals surface area contributed by atoms with Crippen LogP contribution in [0.5, 0.6) is 0 Å². The third kappa shape index (κ3) is 4.09. The minimum atomic E-state index is -3.19. The Labute approximate surface area is 169 Å². The van der Waals surface area contributed by atoms with Gasteiger partial charge in [0.1, 0.15) is 0 Å². The summed E-state index contributed by atoms with van der Waals surface area (Å²) in [4.78, 5) is 31.5. The number of aromatic amines is 1. The van der Waals surface area contributed by atoms with Gasteiger partial charge in [-0.3, -0.25) is 14.7 Å². The summed E-state index contributed by atoms with van der Waals surface area (Å²) in [6.45, 7) is 3.93. The van der Waals surface area contributed by atoms with Crippen molar-refractivity contribution in [2.75, 3.05) is 32.4 Å². The van der Waals surface area contributed by atoms with Gasteiger partial charge in [-0.05, 0) is 32.6 Å². The summed E-state index contributed by atoms with van der Waals surface area (Å²) in [5.41, 5.74) is 2.06. The van der Waals surface area contributed by atoms with E-state index in [4.69, 9.17) is 0 Å². The summed E-state index contributed by atoms with van der Waals surface area (Å²) >= 11 is 0. The first-order valence-electron chi connectivity index (χ1n) is 10.1. The molecule has 2 fully saturated rings. The first-order chi connectivity index (χ1) is 13.7. The molecule has 1 atom stereocenters. The number of sulfonamides is 1. The van der Waals surface area contributed by atoms with E-state index in [1.807, 2.05) is 11.0 Å². The molecule has 1 N–H and O–H groups in total. The average molecular weight is 422 g/mol. The number of nitrogens with zero attached hydrogens (tertiary/aromatic N) is 4. The highest BCUT2D eigenvalue weighted by atomic mass is 32.2. The van der Waals surface area contributed by atoms with Crippen molar-refractivity contribution in [3.63, 3.8) is 0 Å². The Morgan fingerprint density at radius 3 is 2.59 bits per heavy atom. The number of nitrogens with one attached hydrogen (secondary N) is 1. The van der Waals surface area contributed by atoms with Crippen molar-refractivity contribution >= 4 is 21.6 Å². The molecule has 10 heteroatoms. The highest BCUT2D eigenvalue weighted by molar-refractivity contribution is 7.88. The van der Waals surface area contributed by atoms with E-state index in [0.717, 1.165) is 25.1 Å². The van der Waals surface area contributed by atoms with Crippen LogP contribution in [0.25, 0.3) is 5.65 Å². The number of likely N-dealkylation sites (tertiary alicyclic amines) is 1. The van der Waals surface area contributed by atoms with Gasteiger partial charge in [0.15, 0.2) is 5.65 Å². The molecule has 4 heterocycles. The van der Waals surface area contributed by atoms with E-state index < -0.39 is 10.0 Å². The van der Waals surface area contributed by atoms with Crippen LogP contribution in [0.15, 0.2) is 16.9 Å². The van der Waals surface area contributed by atoms with Crippen molar-refractivity contribution in [3.8, 4) is 0 Å². The van der Waals surface area contributed by atoms with Crippen LogP contribution in [-0.4, -0.2) is 70.6 Å². The van der Waals surface area contributed by atoms with Crippen LogP contribution in [0.2, 0.25) is 0 Å². The molecule has 2 aromatic rings. The zero-order valence-corrected chi connectivity index (χ0v) is 17.6. The van der Waals surface area contributed by atoms with Crippen LogP contribution in [0.4, 0.5) is 0 Å². The average Bonchev–Trinajstić information content (AvgIpc) is 3.11. The van der Waals surface area contributed by atoms with Crippen LogP contribution >= 0.6 is 0 Å². The van der Waals surface area contributed by atoms with E-state index in [9.17, 15) is 18.0 Å². The van der Waals surface area contributed by atoms with Gasteiger partial charge in [0.2, 0.25) is 15.9 Å². The van der Waals surface area contributed by atoms with Crippen molar-refractivity contribution in [1.82, 2.24) is 23.8 Å². The fourth-order valence-electron chi connectivity index (χ4n) is 4.46. The SMILES string of the molecule is Cc1cc(=O)n2[nH]c([C@@H]3CCCN(C(=O)C4CCN(S(C)(=O)=O)CC4)C3)cc2n1. The van der Waals surface area contributed by atoms with Crippen molar-refractivity contribution in [2.24, 2.45) is 5.92 Å². The molecule has 0 spiro atoms. The molecule has 0 aliphatic carbocycles. The Balaban J connectivity index is 1.45. The summed E-state index contributed by atoms with van der Waals surface area (Å²) in [7, 11) is -3.19. The van der Waals surface area contributed by atoms with Crippen molar-refractivity contribution < 1.29 is 13.2 Å². The number of H-pyrrole nitrogens is 1. The molecule has 0 unspecified atom stereocenters. The lowest BCUT2D eigenvalue weighted by atomic mass is 9.91. The van der Waals surface area contributed by atoms with Gasteiger partial charge in [-0.1, -0.05) is 0 Å². The standard InChI is InChI=1S/C19H27N5O4S/c1-13-10-18(25)24-17(20-13)11-16(21-24)15-4-3-7-22(12-15)19(26)14-5-8-23(9-6-14)29(2,27)28/h10-11,14-15,21H,3-9,12H2,1-2H3/t15-/m1/s1. The maximum Gasteiger partial charge on any atom is 0.272 e. The van der Waals surface area contributed by atoms with E-state index in [2.05, 4.69) is 10.1 Å². The topological polar surface area (TPSA) is 108 Å². The van der Waals surface area contributed by atoms with Gasteiger partial charge in [0.05, 0.1) is 6.26 Å². The van der Waals surface area contributed by atoms with Crippen LogP contribution in [0.3, 0.4) is 0 Å². The first-order valence-corrected chi connectivity index (χ1v) is 11.9. The molecule has 2 aromatic heterocycles. The number of amides is 1. The van der Waals surface area contributed by atoms with Gasteiger partial charge in [0.25, 0.3) is 5.56 Å². The summed E-state index contributed by atoms with van der Waals surface area (Å²) in [6.07, 6.45) is 4.19. The molecule has 2 aliphatic rings. The van der Waals surface area contributed by atoms with E-state index in [1.165, 1.54) is 21.1 Å². The second-order valence-corrected chi connectivity index (χ2v) is 10.2. The largest absolute Gasteiger partial charge is 0.342 e. The fourth-order valence-corrected chi connectivity index (χ4v) is 5.34. The third-order valence-electron chi connectivity index (χ3n) is 6.04. The Kier molecular flexibility index (Phi) is 5.24. The molecule has 9 nitrogen and oxygen atoms in total. The molecule has 4 rings (SSSR count). The van der Waals surface area contributed by atoms with E-state index in [1.54, 1.807) is 6.92 Å². The smallest absolute Gasteiger partial charge is 0.272 e. The molecule has 0 saturated carbocycles. The highest BCUT2D eigenvalue weighted by Gasteiger charge is 2.34. The monoisotopic (exact) mass is 421 g/mol. The molecular formula is C19H27N5O4S. The molecule has 29 heavy (non-hydrogen) atoms. The lowest BCUT2D eigenvalue weighted by molar-refractivity contribution is -0.138. The second-order valence-electron chi connectivity index (χ2n) is 8.20. The molecule has 158 valence electrons. The van der Waals surface area contributed by atoms with Gasteiger partial charge < -0.3 is 4.90 Å². The maximum atomic E-state index is 13.0. The van der Waals surface area contributed by atoms with Crippen LogP contribution in [0.1, 0.15) is 43.0 Å². The zero-order chi connectivity index (χ0) is 20.8. The molecule has 1 amide bonds. The third-order valence-corrected chi connectivity index (χ3v) is 7.35. The Bertz CT molecular complexity index is 1080. The highest BCUT2D eigenvalue weighted by Crippen LogP contribution is 2.29.